The Bertz CT molecular complexity index is 2760. The largest absolute Gasteiger partial charge is 0.455 e. The molecular weight excluding hydrogens is 590 g/mol. The molecular formula is C43H27N3O2. The maximum Gasteiger partial charge on any atom is 0.160 e. The first-order chi connectivity index (χ1) is 23.8. The van der Waals surface area contributed by atoms with Crippen molar-refractivity contribution in [3.05, 3.63) is 168 Å². The average molecular weight is 618 g/mol. The van der Waals surface area contributed by atoms with Crippen LogP contribution in [0.15, 0.2) is 170 Å². The molecule has 5 nitrogen and oxygen atoms in total. The van der Waals surface area contributed by atoms with E-state index in [0.717, 1.165) is 88.3 Å². The lowest BCUT2D eigenvalue weighted by Crippen LogP contribution is -2.33. The van der Waals surface area contributed by atoms with Gasteiger partial charge in [0.25, 0.3) is 0 Å². The van der Waals surface area contributed by atoms with Crippen LogP contribution >= 0.6 is 0 Å². The molecule has 1 atom stereocenters. The molecule has 0 spiro atoms. The summed E-state index contributed by atoms with van der Waals surface area (Å²) in [6.07, 6.45) is -0.303. The van der Waals surface area contributed by atoms with E-state index in [1.165, 1.54) is 0 Å². The van der Waals surface area contributed by atoms with Gasteiger partial charge in [0.1, 0.15) is 34.3 Å². The van der Waals surface area contributed by atoms with Gasteiger partial charge < -0.3 is 14.2 Å². The highest BCUT2D eigenvalue weighted by Crippen LogP contribution is 2.44. The monoisotopic (exact) mass is 617 g/mol. The Morgan fingerprint density at radius 3 is 1.88 bits per heavy atom. The molecule has 1 N–H and O–H groups in total. The summed E-state index contributed by atoms with van der Waals surface area (Å²) in [4.78, 5) is 10.4. The van der Waals surface area contributed by atoms with E-state index in [-0.39, 0.29) is 6.17 Å². The van der Waals surface area contributed by atoms with Crippen molar-refractivity contribution in [2.75, 3.05) is 0 Å². The van der Waals surface area contributed by atoms with Crippen molar-refractivity contribution >= 4 is 66.3 Å². The second-order valence-corrected chi connectivity index (χ2v) is 12.1. The fraction of sp³-hybridized carbons (Fsp3) is 0.0233. The van der Waals surface area contributed by atoms with Gasteiger partial charge in [0, 0.05) is 43.6 Å². The molecule has 2 aromatic heterocycles. The lowest BCUT2D eigenvalue weighted by atomic mass is 9.92. The lowest BCUT2D eigenvalue weighted by Gasteiger charge is -2.24. The van der Waals surface area contributed by atoms with Crippen LogP contribution in [-0.4, -0.2) is 11.7 Å². The topological polar surface area (TPSA) is 63.0 Å². The molecule has 0 radical (unpaired) electrons. The predicted octanol–water partition coefficient (Wildman–Crippen LogP) is 10.8. The lowest BCUT2D eigenvalue weighted by molar-refractivity contribution is 0.669. The normalized spacial score (nSPS) is 14.9. The van der Waals surface area contributed by atoms with E-state index in [9.17, 15) is 0 Å². The summed E-state index contributed by atoms with van der Waals surface area (Å²) in [5.41, 5.74) is 8.49. The summed E-state index contributed by atoms with van der Waals surface area (Å²) in [6, 6.07) is 52.0. The van der Waals surface area contributed by atoms with Gasteiger partial charge in [-0.15, -0.1) is 0 Å². The zero-order chi connectivity index (χ0) is 31.6. The van der Waals surface area contributed by atoms with Crippen molar-refractivity contribution in [3.8, 4) is 11.1 Å². The molecule has 0 bridgehead atoms. The highest BCUT2D eigenvalue weighted by molar-refractivity contribution is 6.26. The maximum absolute atomic E-state index is 6.78. The maximum atomic E-state index is 6.78. The number of nitrogens with one attached hydrogen (secondary N) is 1. The molecule has 0 saturated carbocycles. The molecule has 0 aliphatic carbocycles. The molecule has 9 aromatic rings. The highest BCUT2D eigenvalue weighted by Gasteiger charge is 2.25. The third-order valence-electron chi connectivity index (χ3n) is 9.35. The van der Waals surface area contributed by atoms with E-state index in [1.807, 2.05) is 60.7 Å². The van der Waals surface area contributed by atoms with Crippen LogP contribution in [0.4, 0.5) is 0 Å². The molecule has 5 heteroatoms. The molecule has 10 rings (SSSR count). The number of hydrogen-bond donors (Lipinski definition) is 1. The van der Waals surface area contributed by atoms with Crippen molar-refractivity contribution in [1.29, 1.82) is 0 Å². The smallest absolute Gasteiger partial charge is 0.160 e. The van der Waals surface area contributed by atoms with Gasteiger partial charge in [-0.25, -0.2) is 9.98 Å². The molecule has 1 aliphatic heterocycles. The average Bonchev–Trinajstić information content (AvgIpc) is 3.74. The first kappa shape index (κ1) is 26.7. The summed E-state index contributed by atoms with van der Waals surface area (Å²) in [5, 5.41) is 9.95. The third-order valence-corrected chi connectivity index (χ3v) is 9.35. The molecule has 3 heterocycles. The Morgan fingerprint density at radius 2 is 1.08 bits per heavy atom. The van der Waals surface area contributed by atoms with Gasteiger partial charge in [-0.2, -0.15) is 0 Å². The van der Waals surface area contributed by atoms with Gasteiger partial charge in [-0.1, -0.05) is 121 Å². The fourth-order valence-electron chi connectivity index (χ4n) is 7.11. The zero-order valence-corrected chi connectivity index (χ0v) is 25.7. The van der Waals surface area contributed by atoms with E-state index in [0.29, 0.717) is 5.84 Å². The Labute approximate surface area is 275 Å². The molecule has 0 saturated heterocycles. The van der Waals surface area contributed by atoms with Crippen molar-refractivity contribution < 1.29 is 8.83 Å². The Hall–Kier alpha value is -6.46. The number of benzene rings is 7. The molecule has 7 aromatic carbocycles. The Morgan fingerprint density at radius 1 is 0.479 bits per heavy atom. The first-order valence-corrected chi connectivity index (χ1v) is 16.1. The van der Waals surface area contributed by atoms with Gasteiger partial charge >= 0.3 is 0 Å². The summed E-state index contributed by atoms with van der Waals surface area (Å²) in [6.45, 7) is 0. The van der Waals surface area contributed by atoms with Crippen LogP contribution in [0, 0.1) is 0 Å². The van der Waals surface area contributed by atoms with Gasteiger partial charge in [-0.3, -0.25) is 0 Å². The second-order valence-electron chi connectivity index (χ2n) is 12.1. The Kier molecular flexibility index (Phi) is 5.87. The molecule has 226 valence electrons. The number of amidine groups is 2. The molecule has 0 fully saturated rings. The van der Waals surface area contributed by atoms with Gasteiger partial charge in [0.2, 0.25) is 0 Å². The quantitative estimate of drug-likeness (QED) is 0.214. The third kappa shape index (κ3) is 4.11. The van der Waals surface area contributed by atoms with E-state index < -0.39 is 0 Å². The molecule has 1 aliphatic rings. The number of hydrogen-bond acceptors (Lipinski definition) is 5. The number of aliphatic imine (C=N–C) groups is 2. The minimum atomic E-state index is -0.303. The van der Waals surface area contributed by atoms with Gasteiger partial charge in [-0.05, 0) is 46.8 Å². The zero-order valence-electron chi connectivity index (χ0n) is 25.7. The SMILES string of the molecule is c1ccc(C2=NC(c3ccc(-c4cc5c6ccccc6oc5c5ccccc45)c4oc5ccccc5c34)=NC(c3ccccc3)N2)cc1. The van der Waals surface area contributed by atoms with E-state index >= 15 is 0 Å². The van der Waals surface area contributed by atoms with Crippen molar-refractivity contribution in [3.63, 3.8) is 0 Å². The molecule has 0 amide bonds. The van der Waals surface area contributed by atoms with Crippen molar-refractivity contribution in [2.45, 2.75) is 6.17 Å². The number of nitrogens with zero attached hydrogens (tertiary/aromatic N) is 2. The van der Waals surface area contributed by atoms with Gasteiger partial charge in [0.15, 0.2) is 5.84 Å². The van der Waals surface area contributed by atoms with E-state index in [4.69, 9.17) is 18.8 Å². The van der Waals surface area contributed by atoms with Crippen LogP contribution in [0.3, 0.4) is 0 Å². The van der Waals surface area contributed by atoms with E-state index in [1.54, 1.807) is 0 Å². The Balaban J connectivity index is 1.26. The van der Waals surface area contributed by atoms with Crippen molar-refractivity contribution in [1.82, 2.24) is 5.32 Å². The number of rotatable bonds is 4. The fourth-order valence-corrected chi connectivity index (χ4v) is 7.11. The minimum absolute atomic E-state index is 0.303. The summed E-state index contributed by atoms with van der Waals surface area (Å²) in [7, 11) is 0. The number of para-hydroxylation sites is 2. The van der Waals surface area contributed by atoms with Crippen LogP contribution in [-0.2, 0) is 0 Å². The number of furan rings is 2. The van der Waals surface area contributed by atoms with Gasteiger partial charge in [0.05, 0.1) is 0 Å². The highest BCUT2D eigenvalue weighted by atomic mass is 16.3. The number of fused-ring (bicyclic) bond motifs is 8. The van der Waals surface area contributed by atoms with Crippen LogP contribution in [0.25, 0.3) is 65.8 Å². The van der Waals surface area contributed by atoms with Crippen LogP contribution in [0.1, 0.15) is 22.9 Å². The summed E-state index contributed by atoms with van der Waals surface area (Å²) in [5.74, 6) is 1.44. The van der Waals surface area contributed by atoms with Crippen LogP contribution in [0.5, 0.6) is 0 Å². The minimum Gasteiger partial charge on any atom is -0.455 e. The molecule has 48 heavy (non-hydrogen) atoms. The standard InChI is InChI=1S/C43H27N3O2/c1-3-13-26(14-4-1)41-44-42(27-15-5-2-6-16-27)46-43(45-41)33-24-23-31(40-38(33)32-20-10-12-22-37(32)48-40)34-25-35-29-18-9-11-21-36(29)47-39(35)30-19-8-7-17-28(30)34/h1-25,41H,(H,44,45,46). The van der Waals surface area contributed by atoms with Crippen LogP contribution < -0.4 is 5.32 Å². The van der Waals surface area contributed by atoms with Crippen LogP contribution in [0.2, 0.25) is 0 Å². The first-order valence-electron chi connectivity index (χ1n) is 16.1. The van der Waals surface area contributed by atoms with E-state index in [2.05, 4.69) is 96.3 Å². The van der Waals surface area contributed by atoms with Crippen molar-refractivity contribution in [2.24, 2.45) is 9.98 Å². The predicted molar refractivity (Wildman–Crippen MR) is 196 cm³/mol. The summed E-state index contributed by atoms with van der Waals surface area (Å²) < 4.78 is 13.2. The summed E-state index contributed by atoms with van der Waals surface area (Å²) >= 11 is 0. The second kappa shape index (κ2) is 10.5. The molecule has 1 unspecified atom stereocenters.